The highest BCUT2D eigenvalue weighted by Crippen LogP contribution is 2.30. The van der Waals surface area contributed by atoms with Crippen molar-refractivity contribution in [3.8, 4) is 0 Å². The lowest BCUT2D eigenvalue weighted by Crippen LogP contribution is -2.30. The van der Waals surface area contributed by atoms with Crippen molar-refractivity contribution in [1.29, 1.82) is 0 Å². The zero-order chi connectivity index (χ0) is 12.8. The minimum atomic E-state index is 0.275. The smallest absolute Gasteiger partial charge is 0.0550 e. The van der Waals surface area contributed by atoms with Crippen LogP contribution in [0.1, 0.15) is 49.3 Å². The van der Waals surface area contributed by atoms with Gasteiger partial charge in [-0.15, -0.1) is 0 Å². The Morgan fingerprint density at radius 2 is 2.11 bits per heavy atom. The van der Waals surface area contributed by atoms with E-state index in [1.165, 1.54) is 43.2 Å². The molecule has 100 valence electrons. The number of thioether (sulfide) groups is 1. The van der Waals surface area contributed by atoms with Crippen LogP contribution in [0.15, 0.2) is 24.3 Å². The van der Waals surface area contributed by atoms with Crippen molar-refractivity contribution in [2.24, 2.45) is 5.84 Å². The van der Waals surface area contributed by atoms with Crippen LogP contribution in [0.4, 0.5) is 0 Å². The summed E-state index contributed by atoms with van der Waals surface area (Å²) in [6.07, 6.45) is 7.00. The first-order chi connectivity index (χ1) is 8.79. The molecule has 0 amide bonds. The van der Waals surface area contributed by atoms with Crippen LogP contribution in [0, 0.1) is 6.92 Å². The van der Waals surface area contributed by atoms with E-state index in [1.807, 2.05) is 0 Å². The molecule has 1 atom stereocenters. The van der Waals surface area contributed by atoms with E-state index in [1.54, 1.807) is 0 Å². The Hall–Kier alpha value is -0.510. The summed E-state index contributed by atoms with van der Waals surface area (Å²) in [6, 6.07) is 8.91. The van der Waals surface area contributed by atoms with Crippen LogP contribution in [0.3, 0.4) is 0 Å². The SMILES string of the molecule is Cc1cccc(C(CSC2CCCCC2)NN)c1. The Balaban J connectivity index is 1.88. The number of aryl methyl sites for hydroxylation is 1. The molecule has 0 spiro atoms. The second kappa shape index (κ2) is 7.17. The lowest BCUT2D eigenvalue weighted by molar-refractivity contribution is 0.514. The topological polar surface area (TPSA) is 38.0 Å². The molecule has 3 heteroatoms. The molecule has 1 unspecified atom stereocenters. The largest absolute Gasteiger partial charge is 0.271 e. The maximum Gasteiger partial charge on any atom is 0.0550 e. The highest BCUT2D eigenvalue weighted by molar-refractivity contribution is 7.99. The van der Waals surface area contributed by atoms with E-state index in [0.717, 1.165) is 11.0 Å². The van der Waals surface area contributed by atoms with Gasteiger partial charge in [-0.3, -0.25) is 11.3 Å². The third kappa shape index (κ3) is 4.01. The highest BCUT2D eigenvalue weighted by atomic mass is 32.2. The van der Waals surface area contributed by atoms with Gasteiger partial charge in [-0.1, -0.05) is 49.1 Å². The first-order valence-corrected chi connectivity index (χ1v) is 7.99. The van der Waals surface area contributed by atoms with Crippen molar-refractivity contribution >= 4 is 11.8 Å². The molecule has 0 saturated heterocycles. The number of hydrogen-bond acceptors (Lipinski definition) is 3. The van der Waals surface area contributed by atoms with Gasteiger partial charge in [-0.2, -0.15) is 11.8 Å². The van der Waals surface area contributed by atoms with Gasteiger partial charge in [0.2, 0.25) is 0 Å². The van der Waals surface area contributed by atoms with Crippen molar-refractivity contribution in [1.82, 2.24) is 5.43 Å². The molecule has 0 radical (unpaired) electrons. The summed E-state index contributed by atoms with van der Waals surface area (Å²) in [5.74, 6) is 6.78. The van der Waals surface area contributed by atoms with Gasteiger partial charge in [0, 0.05) is 11.0 Å². The van der Waals surface area contributed by atoms with Gasteiger partial charge in [-0.25, -0.2) is 0 Å². The molecule has 3 N–H and O–H groups in total. The second-order valence-electron chi connectivity index (χ2n) is 5.23. The van der Waals surface area contributed by atoms with E-state index in [9.17, 15) is 0 Å². The first kappa shape index (κ1) is 13.9. The lowest BCUT2D eigenvalue weighted by Gasteiger charge is -2.24. The molecule has 0 heterocycles. The number of hydrogen-bond donors (Lipinski definition) is 2. The monoisotopic (exact) mass is 264 g/mol. The van der Waals surface area contributed by atoms with Gasteiger partial charge in [0.15, 0.2) is 0 Å². The maximum absolute atomic E-state index is 5.71. The van der Waals surface area contributed by atoms with Crippen LogP contribution in [-0.2, 0) is 0 Å². The van der Waals surface area contributed by atoms with Gasteiger partial charge in [-0.05, 0) is 25.3 Å². The van der Waals surface area contributed by atoms with Crippen LogP contribution in [0.25, 0.3) is 0 Å². The predicted molar refractivity (Wildman–Crippen MR) is 80.6 cm³/mol. The highest BCUT2D eigenvalue weighted by Gasteiger charge is 2.17. The number of nitrogens with one attached hydrogen (secondary N) is 1. The average molecular weight is 264 g/mol. The molecule has 1 saturated carbocycles. The van der Waals surface area contributed by atoms with Crippen LogP contribution in [0.2, 0.25) is 0 Å². The molecule has 1 aromatic carbocycles. The fourth-order valence-electron chi connectivity index (χ4n) is 2.59. The molecule has 18 heavy (non-hydrogen) atoms. The number of benzene rings is 1. The summed E-state index contributed by atoms with van der Waals surface area (Å²) in [5.41, 5.74) is 5.57. The number of rotatable bonds is 5. The standard InChI is InChI=1S/C15H24N2S/c1-12-6-5-7-13(10-12)15(17-16)11-18-14-8-3-2-4-9-14/h5-7,10,14-15,17H,2-4,8-9,11,16H2,1H3. The summed E-state index contributed by atoms with van der Waals surface area (Å²) in [7, 11) is 0. The summed E-state index contributed by atoms with van der Waals surface area (Å²) < 4.78 is 0. The summed E-state index contributed by atoms with van der Waals surface area (Å²) in [5, 5.41) is 0.847. The summed E-state index contributed by atoms with van der Waals surface area (Å²) in [4.78, 5) is 0. The minimum Gasteiger partial charge on any atom is -0.271 e. The Morgan fingerprint density at radius 1 is 1.33 bits per heavy atom. The lowest BCUT2D eigenvalue weighted by atomic mass is 10.0. The van der Waals surface area contributed by atoms with Crippen LogP contribution in [0.5, 0.6) is 0 Å². The molecular weight excluding hydrogens is 240 g/mol. The van der Waals surface area contributed by atoms with Gasteiger partial charge in [0.25, 0.3) is 0 Å². The van der Waals surface area contributed by atoms with Crippen molar-refractivity contribution in [3.63, 3.8) is 0 Å². The fraction of sp³-hybridized carbons (Fsp3) is 0.600. The molecular formula is C15H24N2S. The maximum atomic E-state index is 5.71. The molecule has 1 aromatic rings. The Bertz CT molecular complexity index is 361. The van der Waals surface area contributed by atoms with Crippen molar-refractivity contribution in [2.75, 3.05) is 5.75 Å². The van der Waals surface area contributed by atoms with E-state index in [4.69, 9.17) is 5.84 Å². The fourth-order valence-corrected chi connectivity index (χ4v) is 4.01. The molecule has 1 fully saturated rings. The van der Waals surface area contributed by atoms with E-state index in [2.05, 4.69) is 48.4 Å². The first-order valence-electron chi connectivity index (χ1n) is 6.94. The van der Waals surface area contributed by atoms with E-state index < -0.39 is 0 Å². The molecule has 1 aliphatic rings. The third-order valence-electron chi connectivity index (χ3n) is 3.70. The van der Waals surface area contributed by atoms with Gasteiger partial charge >= 0.3 is 0 Å². The van der Waals surface area contributed by atoms with Gasteiger partial charge in [0.1, 0.15) is 0 Å². The molecule has 2 nitrogen and oxygen atoms in total. The van der Waals surface area contributed by atoms with E-state index in [-0.39, 0.29) is 6.04 Å². The average Bonchev–Trinajstić information content (AvgIpc) is 2.41. The van der Waals surface area contributed by atoms with Crippen molar-refractivity contribution in [3.05, 3.63) is 35.4 Å². The third-order valence-corrected chi connectivity index (χ3v) is 5.17. The molecule has 0 bridgehead atoms. The predicted octanol–water partition coefficient (Wildman–Crippen LogP) is 3.57. The quantitative estimate of drug-likeness (QED) is 0.631. The Labute approximate surface area is 115 Å². The molecule has 0 aliphatic heterocycles. The summed E-state index contributed by atoms with van der Waals surface area (Å²) >= 11 is 2.09. The Morgan fingerprint density at radius 3 is 2.78 bits per heavy atom. The minimum absolute atomic E-state index is 0.275. The van der Waals surface area contributed by atoms with Crippen LogP contribution in [-0.4, -0.2) is 11.0 Å². The van der Waals surface area contributed by atoms with Gasteiger partial charge in [0.05, 0.1) is 6.04 Å². The number of hydrazine groups is 1. The molecule has 1 aliphatic carbocycles. The van der Waals surface area contributed by atoms with E-state index >= 15 is 0 Å². The van der Waals surface area contributed by atoms with Crippen LogP contribution < -0.4 is 11.3 Å². The zero-order valence-corrected chi connectivity index (χ0v) is 12.0. The number of nitrogens with two attached hydrogens (primary N) is 1. The normalized spacial score (nSPS) is 18.8. The second-order valence-corrected chi connectivity index (χ2v) is 6.56. The Kier molecular flexibility index (Phi) is 5.54. The summed E-state index contributed by atoms with van der Waals surface area (Å²) in [6.45, 7) is 2.13. The molecule has 0 aromatic heterocycles. The van der Waals surface area contributed by atoms with Crippen molar-refractivity contribution in [2.45, 2.75) is 50.3 Å². The van der Waals surface area contributed by atoms with E-state index in [0.29, 0.717) is 0 Å². The molecule has 2 rings (SSSR count). The van der Waals surface area contributed by atoms with Gasteiger partial charge < -0.3 is 0 Å². The zero-order valence-electron chi connectivity index (χ0n) is 11.2. The van der Waals surface area contributed by atoms with Crippen LogP contribution >= 0.6 is 11.8 Å². The van der Waals surface area contributed by atoms with Crippen molar-refractivity contribution < 1.29 is 0 Å².